The summed E-state index contributed by atoms with van der Waals surface area (Å²) < 4.78 is 30.0. The van der Waals surface area contributed by atoms with Crippen LogP contribution in [0.4, 0.5) is 5.69 Å². The van der Waals surface area contributed by atoms with Crippen LogP contribution in [-0.2, 0) is 14.8 Å². The van der Waals surface area contributed by atoms with E-state index in [2.05, 4.69) is 10.0 Å². The molecule has 1 heterocycles. The number of anilines is 1. The van der Waals surface area contributed by atoms with E-state index in [0.29, 0.717) is 41.5 Å². The fourth-order valence-corrected chi connectivity index (χ4v) is 6.40. The van der Waals surface area contributed by atoms with Crippen LogP contribution in [0.25, 0.3) is 10.8 Å². The summed E-state index contributed by atoms with van der Waals surface area (Å²) in [7, 11) is -3.87. The number of carbonyl (C=O) groups excluding carboxylic acids is 2. The Hall–Kier alpha value is -3.27. The molecule has 2 amide bonds. The molecule has 0 aromatic heterocycles. The first-order valence-corrected chi connectivity index (χ1v) is 13.6. The molecule has 9 heteroatoms. The van der Waals surface area contributed by atoms with Crippen molar-refractivity contribution in [3.8, 4) is 0 Å². The Labute approximate surface area is 211 Å². The minimum Gasteiger partial charge on any atom is -0.341 e. The molecule has 1 fully saturated rings. The van der Waals surface area contributed by atoms with Crippen LogP contribution in [0.5, 0.6) is 0 Å². The number of hydrogen-bond donors (Lipinski definition) is 3. The molecule has 190 valence electrons. The summed E-state index contributed by atoms with van der Waals surface area (Å²) in [5, 5.41) is 4.10. The molecule has 0 aliphatic carbocycles. The van der Waals surface area contributed by atoms with Crippen molar-refractivity contribution in [1.82, 2.24) is 9.62 Å². The summed E-state index contributed by atoms with van der Waals surface area (Å²) in [6, 6.07) is 17.3. The van der Waals surface area contributed by atoms with Crippen molar-refractivity contribution < 1.29 is 18.0 Å². The standard InChI is InChI=1S/C27H32N4O4S/c1-3-19-17-31(26(32)16-28)15-14-23(19)30-36(34,35)25-13-12-24(21-10-6-7-11-22(21)25)29-27(33)20-9-5-4-8-18(20)2/h4-13,19,23,30H,3,14-17,28H2,1-2H3,(H,29,33)/t19-,23+/m1/s1. The first kappa shape index (κ1) is 25.8. The van der Waals surface area contributed by atoms with Gasteiger partial charge in [-0.1, -0.05) is 55.8 Å². The average molecular weight is 509 g/mol. The average Bonchev–Trinajstić information content (AvgIpc) is 2.88. The molecule has 1 aliphatic heterocycles. The molecule has 4 N–H and O–H groups in total. The molecule has 3 aromatic carbocycles. The number of carbonyl (C=O) groups is 2. The van der Waals surface area contributed by atoms with Gasteiger partial charge < -0.3 is 16.0 Å². The van der Waals surface area contributed by atoms with Gasteiger partial charge in [0.15, 0.2) is 0 Å². The summed E-state index contributed by atoms with van der Waals surface area (Å²) >= 11 is 0. The maximum Gasteiger partial charge on any atom is 0.255 e. The van der Waals surface area contributed by atoms with Crippen molar-refractivity contribution in [2.75, 3.05) is 25.0 Å². The molecule has 1 aliphatic rings. The van der Waals surface area contributed by atoms with Gasteiger partial charge in [0.25, 0.3) is 5.91 Å². The number of likely N-dealkylation sites (tertiary alicyclic amines) is 1. The first-order chi connectivity index (χ1) is 17.2. The number of amides is 2. The van der Waals surface area contributed by atoms with E-state index in [-0.39, 0.29) is 35.2 Å². The number of nitrogens with zero attached hydrogens (tertiary/aromatic N) is 1. The third kappa shape index (κ3) is 5.28. The fourth-order valence-electron chi connectivity index (χ4n) is 4.85. The zero-order chi connectivity index (χ0) is 25.9. The predicted octanol–water partition coefficient (Wildman–Crippen LogP) is 3.26. The number of piperidine rings is 1. The van der Waals surface area contributed by atoms with E-state index in [1.54, 1.807) is 41.3 Å². The minimum atomic E-state index is -3.87. The summed E-state index contributed by atoms with van der Waals surface area (Å²) in [6.07, 6.45) is 1.25. The number of fused-ring (bicyclic) bond motifs is 1. The Morgan fingerprint density at radius 2 is 1.72 bits per heavy atom. The highest BCUT2D eigenvalue weighted by Crippen LogP contribution is 2.31. The van der Waals surface area contributed by atoms with Gasteiger partial charge in [0.1, 0.15) is 0 Å². The van der Waals surface area contributed by atoms with Gasteiger partial charge in [0, 0.05) is 41.2 Å². The number of rotatable bonds is 7. The molecule has 1 saturated heterocycles. The summed E-state index contributed by atoms with van der Waals surface area (Å²) in [4.78, 5) is 26.8. The van der Waals surface area contributed by atoms with E-state index >= 15 is 0 Å². The molecule has 0 radical (unpaired) electrons. The Balaban J connectivity index is 1.61. The number of sulfonamides is 1. The fraction of sp³-hybridized carbons (Fsp3) is 0.333. The Bertz CT molecular complexity index is 1390. The zero-order valence-corrected chi connectivity index (χ0v) is 21.3. The maximum absolute atomic E-state index is 13.5. The van der Waals surface area contributed by atoms with Crippen LogP contribution in [0.15, 0.2) is 65.6 Å². The second-order valence-electron chi connectivity index (χ2n) is 9.15. The zero-order valence-electron chi connectivity index (χ0n) is 20.5. The molecular formula is C27H32N4O4S. The summed E-state index contributed by atoms with van der Waals surface area (Å²) in [5.74, 6) is -0.386. The summed E-state index contributed by atoms with van der Waals surface area (Å²) in [5.41, 5.74) is 7.46. The molecule has 36 heavy (non-hydrogen) atoms. The van der Waals surface area contributed by atoms with Crippen LogP contribution in [0.2, 0.25) is 0 Å². The molecule has 0 saturated carbocycles. The van der Waals surface area contributed by atoms with Gasteiger partial charge in [-0.05, 0) is 43.0 Å². The molecule has 8 nitrogen and oxygen atoms in total. The van der Waals surface area contributed by atoms with Crippen molar-refractivity contribution >= 4 is 38.3 Å². The minimum absolute atomic E-state index is 0.0111. The van der Waals surface area contributed by atoms with Gasteiger partial charge in [0.05, 0.1) is 11.4 Å². The van der Waals surface area contributed by atoms with Crippen molar-refractivity contribution in [3.63, 3.8) is 0 Å². The monoisotopic (exact) mass is 508 g/mol. The number of nitrogens with two attached hydrogens (primary N) is 1. The molecule has 0 unspecified atom stereocenters. The van der Waals surface area contributed by atoms with Crippen LogP contribution >= 0.6 is 0 Å². The third-order valence-electron chi connectivity index (χ3n) is 6.90. The quantitative estimate of drug-likeness (QED) is 0.452. The lowest BCUT2D eigenvalue weighted by Crippen LogP contribution is -2.53. The van der Waals surface area contributed by atoms with Crippen LogP contribution in [0.3, 0.4) is 0 Å². The maximum atomic E-state index is 13.5. The van der Waals surface area contributed by atoms with Crippen LogP contribution < -0.4 is 15.8 Å². The first-order valence-electron chi connectivity index (χ1n) is 12.1. The van der Waals surface area contributed by atoms with Crippen molar-refractivity contribution in [3.05, 3.63) is 71.8 Å². The molecule has 3 aromatic rings. The lowest BCUT2D eigenvalue weighted by molar-refractivity contribution is -0.131. The van der Waals surface area contributed by atoms with Gasteiger partial charge >= 0.3 is 0 Å². The second kappa shape index (κ2) is 10.8. The van der Waals surface area contributed by atoms with E-state index in [4.69, 9.17) is 5.73 Å². The van der Waals surface area contributed by atoms with Gasteiger partial charge in [-0.15, -0.1) is 0 Å². The van der Waals surface area contributed by atoms with E-state index in [1.807, 2.05) is 32.0 Å². The Morgan fingerprint density at radius 3 is 2.42 bits per heavy atom. The molecule has 2 atom stereocenters. The molecule has 0 spiro atoms. The second-order valence-corrected chi connectivity index (χ2v) is 10.8. The van der Waals surface area contributed by atoms with Crippen molar-refractivity contribution in [2.24, 2.45) is 11.7 Å². The summed E-state index contributed by atoms with van der Waals surface area (Å²) in [6.45, 7) is 4.75. The van der Waals surface area contributed by atoms with Gasteiger partial charge in [-0.2, -0.15) is 0 Å². The lowest BCUT2D eigenvalue weighted by atomic mass is 9.90. The molecule has 0 bridgehead atoms. The van der Waals surface area contributed by atoms with Crippen LogP contribution in [0.1, 0.15) is 35.7 Å². The van der Waals surface area contributed by atoms with Crippen LogP contribution in [0, 0.1) is 12.8 Å². The normalized spacial score (nSPS) is 18.2. The predicted molar refractivity (Wildman–Crippen MR) is 141 cm³/mol. The smallest absolute Gasteiger partial charge is 0.255 e. The Kier molecular flexibility index (Phi) is 7.73. The highest BCUT2D eigenvalue weighted by molar-refractivity contribution is 7.89. The number of hydrogen-bond acceptors (Lipinski definition) is 5. The van der Waals surface area contributed by atoms with Crippen molar-refractivity contribution in [1.29, 1.82) is 0 Å². The van der Waals surface area contributed by atoms with Crippen molar-refractivity contribution in [2.45, 2.75) is 37.6 Å². The largest absolute Gasteiger partial charge is 0.341 e. The topological polar surface area (TPSA) is 122 Å². The van der Waals surface area contributed by atoms with E-state index in [1.165, 1.54) is 6.07 Å². The molecule has 4 rings (SSSR count). The SMILES string of the molecule is CC[C@@H]1CN(C(=O)CN)CC[C@@H]1NS(=O)(=O)c1ccc(NC(=O)c2ccccc2C)c2ccccc12. The molecular weight excluding hydrogens is 476 g/mol. The number of aryl methyl sites for hydroxylation is 1. The van der Waals surface area contributed by atoms with Gasteiger partial charge in [-0.3, -0.25) is 9.59 Å². The number of nitrogens with one attached hydrogen (secondary N) is 2. The van der Waals surface area contributed by atoms with E-state index < -0.39 is 10.0 Å². The van der Waals surface area contributed by atoms with Gasteiger partial charge in [-0.25, -0.2) is 13.1 Å². The van der Waals surface area contributed by atoms with E-state index in [0.717, 1.165) is 12.0 Å². The lowest BCUT2D eigenvalue weighted by Gasteiger charge is -2.38. The van der Waals surface area contributed by atoms with Gasteiger partial charge in [0.2, 0.25) is 15.9 Å². The third-order valence-corrected chi connectivity index (χ3v) is 8.45. The highest BCUT2D eigenvalue weighted by atomic mass is 32.2. The highest BCUT2D eigenvalue weighted by Gasteiger charge is 2.33. The number of benzene rings is 3. The van der Waals surface area contributed by atoms with Crippen LogP contribution in [-0.4, -0.2) is 50.8 Å². The van der Waals surface area contributed by atoms with E-state index in [9.17, 15) is 18.0 Å². The Morgan fingerprint density at radius 1 is 1.03 bits per heavy atom.